The Labute approximate surface area is 263 Å². The van der Waals surface area contributed by atoms with Crippen molar-refractivity contribution in [1.82, 2.24) is 10.2 Å². The molecule has 0 heterocycles. The maximum atomic E-state index is 13.9. The van der Waals surface area contributed by atoms with E-state index in [9.17, 15) is 18.0 Å². The molecule has 0 saturated heterocycles. The van der Waals surface area contributed by atoms with Crippen molar-refractivity contribution in [2.24, 2.45) is 5.92 Å². The van der Waals surface area contributed by atoms with E-state index in [1.807, 2.05) is 44.2 Å². The Morgan fingerprint density at radius 3 is 2.21 bits per heavy atom. The summed E-state index contributed by atoms with van der Waals surface area (Å²) in [5, 5.41) is 4.22. The number of hydrogen-bond donors (Lipinski definition) is 1. The lowest BCUT2D eigenvalue weighted by molar-refractivity contribution is -0.141. The Bertz CT molecular complexity index is 1470. The molecule has 0 aliphatic rings. The Balaban J connectivity index is 1.91. The largest absolute Gasteiger partial charge is 0.354 e. The number of nitrogens with zero attached hydrogens (tertiary/aromatic N) is 2. The fourth-order valence-corrected chi connectivity index (χ4v) is 6.06. The zero-order chi connectivity index (χ0) is 30.9. The minimum Gasteiger partial charge on any atom is -0.354 e. The first-order valence-electron chi connectivity index (χ1n) is 13.6. The molecule has 0 aromatic heterocycles. The smallest absolute Gasteiger partial charge is 0.243 e. The second-order valence-electron chi connectivity index (χ2n) is 10.5. The second-order valence-corrected chi connectivity index (χ2v) is 13.7. The van der Waals surface area contributed by atoms with Crippen molar-refractivity contribution >= 4 is 62.3 Å². The van der Waals surface area contributed by atoms with Crippen LogP contribution in [0.5, 0.6) is 0 Å². The van der Waals surface area contributed by atoms with Crippen molar-refractivity contribution in [2.45, 2.75) is 45.7 Å². The van der Waals surface area contributed by atoms with Gasteiger partial charge in [-0.2, -0.15) is 0 Å². The molecular formula is C31H36Cl3N3O4S. The average Bonchev–Trinajstić information content (AvgIpc) is 2.92. The van der Waals surface area contributed by atoms with E-state index in [0.29, 0.717) is 39.3 Å². The summed E-state index contributed by atoms with van der Waals surface area (Å²) in [5.74, 6) is -0.362. The molecule has 3 aromatic rings. The zero-order valence-electron chi connectivity index (χ0n) is 23.9. The van der Waals surface area contributed by atoms with Crippen molar-refractivity contribution in [3.63, 3.8) is 0 Å². The van der Waals surface area contributed by atoms with E-state index < -0.39 is 16.1 Å². The summed E-state index contributed by atoms with van der Waals surface area (Å²) in [6, 6.07) is 20.2. The summed E-state index contributed by atoms with van der Waals surface area (Å²) in [7, 11) is -3.64. The van der Waals surface area contributed by atoms with Crippen LogP contribution in [0, 0.1) is 5.92 Å². The van der Waals surface area contributed by atoms with Crippen molar-refractivity contribution in [2.75, 3.05) is 23.7 Å². The molecule has 0 radical (unpaired) electrons. The van der Waals surface area contributed by atoms with E-state index in [1.54, 1.807) is 42.5 Å². The lowest BCUT2D eigenvalue weighted by Crippen LogP contribution is -2.51. The van der Waals surface area contributed by atoms with Crippen LogP contribution < -0.4 is 9.62 Å². The van der Waals surface area contributed by atoms with Crippen molar-refractivity contribution in [1.29, 1.82) is 0 Å². The number of hydrogen-bond acceptors (Lipinski definition) is 4. The number of anilines is 1. The molecule has 1 unspecified atom stereocenters. The van der Waals surface area contributed by atoms with Gasteiger partial charge in [0.1, 0.15) is 6.04 Å². The van der Waals surface area contributed by atoms with Crippen LogP contribution in [-0.2, 0) is 32.6 Å². The molecule has 11 heteroatoms. The molecule has 1 atom stereocenters. The fourth-order valence-electron chi connectivity index (χ4n) is 4.45. The van der Waals surface area contributed by atoms with Crippen LogP contribution in [0.1, 0.15) is 37.8 Å². The molecule has 0 aliphatic heterocycles. The third-order valence-corrected chi connectivity index (χ3v) is 8.58. The van der Waals surface area contributed by atoms with Gasteiger partial charge in [0.25, 0.3) is 0 Å². The van der Waals surface area contributed by atoms with Gasteiger partial charge in [0, 0.05) is 47.5 Å². The third kappa shape index (κ3) is 10.2. The molecule has 3 rings (SSSR count). The normalized spacial score (nSPS) is 12.2. The molecule has 42 heavy (non-hydrogen) atoms. The molecule has 2 amide bonds. The number of carbonyl (C=O) groups is 2. The van der Waals surface area contributed by atoms with Crippen LogP contribution in [0.2, 0.25) is 15.1 Å². The predicted octanol–water partition coefficient (Wildman–Crippen LogP) is 6.61. The van der Waals surface area contributed by atoms with Crippen LogP contribution >= 0.6 is 34.8 Å². The number of benzene rings is 3. The quantitative estimate of drug-likeness (QED) is 0.213. The molecule has 0 fully saturated rings. The second kappa shape index (κ2) is 15.6. The van der Waals surface area contributed by atoms with Crippen LogP contribution in [0.3, 0.4) is 0 Å². The number of carbonyl (C=O) groups excluding carboxylic acids is 2. The molecule has 0 aliphatic carbocycles. The third-order valence-electron chi connectivity index (χ3n) is 6.56. The highest BCUT2D eigenvalue weighted by Gasteiger charge is 2.31. The zero-order valence-corrected chi connectivity index (χ0v) is 27.0. The summed E-state index contributed by atoms with van der Waals surface area (Å²) < 4.78 is 26.4. The van der Waals surface area contributed by atoms with Gasteiger partial charge in [-0.3, -0.25) is 13.9 Å². The molecule has 3 aromatic carbocycles. The standard InChI is InChI=1S/C31H36Cl3N3O4S/c1-22(2)20-35-31(39)29(17-23-9-5-4-6-10-23)36(21-24-14-15-26(33)19-28(24)34)30(38)13-8-16-37(42(3,40)41)27-12-7-11-25(32)18-27/h4-7,9-12,14-15,18-19,22,29H,8,13,16-17,20-21H2,1-3H3,(H,35,39). The van der Waals surface area contributed by atoms with Gasteiger partial charge in [0.2, 0.25) is 21.8 Å². The number of nitrogens with one attached hydrogen (secondary N) is 1. The lowest BCUT2D eigenvalue weighted by Gasteiger charge is -2.32. The maximum Gasteiger partial charge on any atom is 0.243 e. The van der Waals surface area contributed by atoms with Gasteiger partial charge in [-0.05, 0) is 53.8 Å². The average molecular weight is 653 g/mol. The minimum absolute atomic E-state index is 0.000540. The van der Waals surface area contributed by atoms with Gasteiger partial charge in [-0.25, -0.2) is 8.42 Å². The lowest BCUT2D eigenvalue weighted by atomic mass is 10.0. The highest BCUT2D eigenvalue weighted by Crippen LogP contribution is 2.26. The van der Waals surface area contributed by atoms with Gasteiger partial charge in [0.05, 0.1) is 11.9 Å². The first kappa shape index (κ1) is 33.7. The molecule has 0 saturated carbocycles. The topological polar surface area (TPSA) is 86.8 Å². The van der Waals surface area contributed by atoms with Gasteiger partial charge in [0.15, 0.2) is 0 Å². The van der Waals surface area contributed by atoms with Gasteiger partial charge in [-0.1, -0.05) is 91.1 Å². The minimum atomic E-state index is -3.64. The van der Waals surface area contributed by atoms with E-state index in [4.69, 9.17) is 34.8 Å². The van der Waals surface area contributed by atoms with Gasteiger partial charge < -0.3 is 10.2 Å². The maximum absolute atomic E-state index is 13.9. The first-order chi connectivity index (χ1) is 19.8. The van der Waals surface area contributed by atoms with E-state index >= 15 is 0 Å². The Kier molecular flexibility index (Phi) is 12.5. The SMILES string of the molecule is CC(C)CNC(=O)C(Cc1ccccc1)N(Cc1ccc(Cl)cc1Cl)C(=O)CCCN(c1cccc(Cl)c1)S(C)(=O)=O. The number of amides is 2. The van der Waals surface area contributed by atoms with Crippen LogP contribution in [0.25, 0.3) is 0 Å². The molecule has 1 N–H and O–H groups in total. The van der Waals surface area contributed by atoms with E-state index in [1.165, 1.54) is 9.21 Å². The summed E-state index contributed by atoms with van der Waals surface area (Å²) in [6.45, 7) is 4.58. The first-order valence-corrected chi connectivity index (χ1v) is 16.6. The molecule has 0 spiro atoms. The monoisotopic (exact) mass is 651 g/mol. The number of rotatable bonds is 14. The highest BCUT2D eigenvalue weighted by molar-refractivity contribution is 7.92. The Hall–Kier alpha value is -2.78. The van der Waals surface area contributed by atoms with Crippen LogP contribution in [0.15, 0.2) is 72.8 Å². The fraction of sp³-hybridized carbons (Fsp3) is 0.355. The van der Waals surface area contributed by atoms with Gasteiger partial charge >= 0.3 is 0 Å². The van der Waals surface area contributed by atoms with Gasteiger partial charge in [-0.15, -0.1) is 0 Å². The highest BCUT2D eigenvalue weighted by atomic mass is 35.5. The molecule has 226 valence electrons. The van der Waals surface area contributed by atoms with Crippen LogP contribution in [0.4, 0.5) is 5.69 Å². The van der Waals surface area contributed by atoms with Crippen molar-refractivity contribution in [3.8, 4) is 0 Å². The Morgan fingerprint density at radius 2 is 1.60 bits per heavy atom. The molecule has 0 bridgehead atoms. The Morgan fingerprint density at radius 1 is 0.905 bits per heavy atom. The molecular weight excluding hydrogens is 617 g/mol. The van der Waals surface area contributed by atoms with E-state index in [-0.39, 0.29) is 43.7 Å². The van der Waals surface area contributed by atoms with Crippen molar-refractivity contribution in [3.05, 3.63) is 99.0 Å². The van der Waals surface area contributed by atoms with E-state index in [2.05, 4.69) is 5.32 Å². The number of sulfonamides is 1. The van der Waals surface area contributed by atoms with Crippen molar-refractivity contribution < 1.29 is 18.0 Å². The predicted molar refractivity (Wildman–Crippen MR) is 172 cm³/mol. The summed E-state index contributed by atoms with van der Waals surface area (Å²) in [6.07, 6.45) is 1.62. The summed E-state index contributed by atoms with van der Waals surface area (Å²) in [5.41, 5.74) is 1.95. The summed E-state index contributed by atoms with van der Waals surface area (Å²) in [4.78, 5) is 29.0. The molecule has 7 nitrogen and oxygen atoms in total. The number of halogens is 3. The summed E-state index contributed by atoms with van der Waals surface area (Å²) >= 11 is 18.7. The van der Waals surface area contributed by atoms with E-state index in [0.717, 1.165) is 11.8 Å². The van der Waals surface area contributed by atoms with Crippen LogP contribution in [-0.4, -0.2) is 50.5 Å².